The molecule has 0 aromatic heterocycles. The average molecular weight is 589 g/mol. The quantitative estimate of drug-likeness (QED) is 0.283. The molecule has 5 rings (SSSR count). The van der Waals surface area contributed by atoms with E-state index in [9.17, 15) is 19.1 Å². The number of aliphatic hydroxyl groups is 1. The second kappa shape index (κ2) is 13.2. The van der Waals surface area contributed by atoms with Gasteiger partial charge >= 0.3 is 0 Å². The van der Waals surface area contributed by atoms with Gasteiger partial charge in [0.25, 0.3) is 5.91 Å². The van der Waals surface area contributed by atoms with E-state index in [2.05, 4.69) is 13.8 Å². The predicted molar refractivity (Wildman–Crippen MR) is 163 cm³/mol. The summed E-state index contributed by atoms with van der Waals surface area (Å²) in [5, 5.41) is 11.1. The highest BCUT2D eigenvalue weighted by atomic mass is 19.1. The molecule has 0 aliphatic carbocycles. The highest BCUT2D eigenvalue weighted by Crippen LogP contribution is 2.34. The van der Waals surface area contributed by atoms with E-state index in [4.69, 9.17) is 9.47 Å². The van der Waals surface area contributed by atoms with E-state index in [1.807, 2.05) is 17.0 Å². The third kappa shape index (κ3) is 7.54. The zero-order valence-corrected chi connectivity index (χ0v) is 25.3. The Labute approximate surface area is 253 Å². The van der Waals surface area contributed by atoms with Gasteiger partial charge in [0.05, 0.1) is 12.0 Å². The molecule has 8 heteroatoms. The Bertz CT molecular complexity index is 1450. The van der Waals surface area contributed by atoms with Gasteiger partial charge in [-0.2, -0.15) is 0 Å². The molecule has 2 heterocycles. The van der Waals surface area contributed by atoms with E-state index in [0.29, 0.717) is 72.5 Å². The minimum Gasteiger partial charge on any atom is -0.457 e. The fraction of sp³-hybridized carbons (Fsp3) is 0.429. The van der Waals surface area contributed by atoms with Crippen molar-refractivity contribution in [3.05, 3.63) is 83.2 Å². The van der Waals surface area contributed by atoms with Crippen LogP contribution in [0.25, 0.3) is 0 Å². The molecule has 1 N–H and O–H groups in total. The Hall–Kier alpha value is -3.91. The third-order valence-electron chi connectivity index (χ3n) is 8.82. The molecule has 43 heavy (non-hydrogen) atoms. The van der Waals surface area contributed by atoms with Crippen molar-refractivity contribution in [1.29, 1.82) is 0 Å². The van der Waals surface area contributed by atoms with Crippen molar-refractivity contribution < 1.29 is 28.6 Å². The van der Waals surface area contributed by atoms with Crippen LogP contribution in [0.1, 0.15) is 67.4 Å². The molecule has 0 saturated carbocycles. The summed E-state index contributed by atoms with van der Waals surface area (Å²) in [6.45, 7) is 6.01. The number of fused-ring (bicyclic) bond motifs is 1. The second-order valence-electron chi connectivity index (χ2n) is 11.9. The number of rotatable bonds is 10. The Morgan fingerprint density at radius 2 is 1.53 bits per heavy atom. The summed E-state index contributed by atoms with van der Waals surface area (Å²) in [6, 6.07) is 16.5. The standard InChI is InChI=1S/C35H41FN2O5/c1-4-24(5-2)23-35(41)13-16-38(17-14-35)33(39)20-25-18-30(42-28-8-6-27(36)7-9-28)22-31(19-25)43-29-10-11-32-26(21-29)12-15-37(3)34(32)40/h6-11,18-19,21-22,24,41H,4-5,12-17,20,23H2,1-3H3. The van der Waals surface area contributed by atoms with Crippen LogP contribution in [0, 0.1) is 11.7 Å². The summed E-state index contributed by atoms with van der Waals surface area (Å²) in [4.78, 5) is 29.4. The van der Waals surface area contributed by atoms with E-state index < -0.39 is 5.60 Å². The van der Waals surface area contributed by atoms with Crippen LogP contribution in [0.2, 0.25) is 0 Å². The van der Waals surface area contributed by atoms with Gasteiger partial charge in [-0.3, -0.25) is 9.59 Å². The number of likely N-dealkylation sites (tertiary alicyclic amines) is 1. The maximum Gasteiger partial charge on any atom is 0.253 e. The van der Waals surface area contributed by atoms with E-state index in [0.717, 1.165) is 31.2 Å². The number of likely N-dealkylation sites (N-methyl/N-ethyl adjacent to an activating group) is 1. The van der Waals surface area contributed by atoms with Crippen LogP contribution in [-0.4, -0.2) is 59.0 Å². The summed E-state index contributed by atoms with van der Waals surface area (Å²) < 4.78 is 25.7. The molecule has 3 aromatic carbocycles. The van der Waals surface area contributed by atoms with Crippen LogP contribution in [0.3, 0.4) is 0 Å². The molecular formula is C35H41FN2O5. The van der Waals surface area contributed by atoms with Crippen LogP contribution >= 0.6 is 0 Å². The average Bonchev–Trinajstić information content (AvgIpc) is 2.99. The molecule has 0 atom stereocenters. The van der Waals surface area contributed by atoms with Crippen molar-refractivity contribution in [2.75, 3.05) is 26.7 Å². The lowest BCUT2D eigenvalue weighted by atomic mass is 9.81. The van der Waals surface area contributed by atoms with Gasteiger partial charge in [-0.15, -0.1) is 0 Å². The lowest BCUT2D eigenvalue weighted by molar-refractivity contribution is -0.135. The van der Waals surface area contributed by atoms with Crippen molar-refractivity contribution >= 4 is 11.8 Å². The van der Waals surface area contributed by atoms with E-state index in [-0.39, 0.29) is 24.1 Å². The van der Waals surface area contributed by atoms with Gasteiger partial charge in [-0.05, 0) is 97.3 Å². The summed E-state index contributed by atoms with van der Waals surface area (Å²) in [5.41, 5.74) is 1.61. The van der Waals surface area contributed by atoms with Gasteiger partial charge in [0.2, 0.25) is 5.91 Å². The normalized spacial score (nSPS) is 16.3. The number of nitrogens with zero attached hydrogens (tertiary/aromatic N) is 2. The van der Waals surface area contributed by atoms with E-state index >= 15 is 0 Å². The molecule has 3 aromatic rings. The number of amides is 2. The molecule has 2 aliphatic heterocycles. The maximum absolute atomic E-state index is 13.5. The Balaban J connectivity index is 1.33. The van der Waals surface area contributed by atoms with Gasteiger partial charge < -0.3 is 24.4 Å². The van der Waals surface area contributed by atoms with Crippen LogP contribution in [0.4, 0.5) is 4.39 Å². The first-order valence-electron chi connectivity index (χ1n) is 15.3. The van der Waals surface area contributed by atoms with Crippen molar-refractivity contribution in [3.8, 4) is 23.0 Å². The van der Waals surface area contributed by atoms with Crippen molar-refractivity contribution in [2.24, 2.45) is 5.92 Å². The molecule has 0 spiro atoms. The monoisotopic (exact) mass is 588 g/mol. The number of carbonyl (C=O) groups excluding carboxylic acids is 2. The number of benzene rings is 3. The van der Waals surface area contributed by atoms with Crippen molar-refractivity contribution in [1.82, 2.24) is 9.80 Å². The topological polar surface area (TPSA) is 79.3 Å². The molecule has 1 saturated heterocycles. The maximum atomic E-state index is 13.5. The van der Waals surface area contributed by atoms with Gasteiger partial charge in [0.1, 0.15) is 28.8 Å². The summed E-state index contributed by atoms with van der Waals surface area (Å²) in [7, 11) is 1.80. The number of halogens is 1. The first-order chi connectivity index (χ1) is 20.6. The van der Waals surface area contributed by atoms with Gasteiger partial charge in [0, 0.05) is 38.3 Å². The third-order valence-corrected chi connectivity index (χ3v) is 8.82. The molecular weight excluding hydrogens is 547 g/mol. The van der Waals surface area contributed by atoms with E-state index in [1.54, 1.807) is 48.3 Å². The highest BCUT2D eigenvalue weighted by molar-refractivity contribution is 5.96. The largest absolute Gasteiger partial charge is 0.457 e. The number of piperidine rings is 1. The first-order valence-corrected chi connectivity index (χ1v) is 15.3. The van der Waals surface area contributed by atoms with Crippen LogP contribution in [0.5, 0.6) is 23.0 Å². The molecule has 1 fully saturated rings. The number of hydrogen-bond donors (Lipinski definition) is 1. The van der Waals surface area contributed by atoms with E-state index in [1.165, 1.54) is 12.1 Å². The van der Waals surface area contributed by atoms with Crippen molar-refractivity contribution in [3.63, 3.8) is 0 Å². The zero-order valence-electron chi connectivity index (χ0n) is 25.3. The SMILES string of the molecule is CCC(CC)CC1(O)CCN(C(=O)Cc2cc(Oc3ccc(F)cc3)cc(Oc3ccc4c(c3)CCN(C)C4=O)c2)CC1. The summed E-state index contributed by atoms with van der Waals surface area (Å²) in [6.07, 6.45) is 4.91. The molecule has 2 amide bonds. The fourth-order valence-corrected chi connectivity index (χ4v) is 6.05. The Morgan fingerprint density at radius 3 is 2.19 bits per heavy atom. The smallest absolute Gasteiger partial charge is 0.253 e. The molecule has 0 bridgehead atoms. The van der Waals surface area contributed by atoms with Crippen LogP contribution < -0.4 is 9.47 Å². The molecule has 2 aliphatic rings. The summed E-state index contributed by atoms with van der Waals surface area (Å²) in [5.74, 6) is 2.09. The minimum absolute atomic E-state index is 0.00464. The van der Waals surface area contributed by atoms with Gasteiger partial charge in [0.15, 0.2) is 0 Å². The molecule has 228 valence electrons. The number of hydrogen-bond acceptors (Lipinski definition) is 5. The minimum atomic E-state index is -0.716. The van der Waals surface area contributed by atoms with Gasteiger partial charge in [-0.25, -0.2) is 4.39 Å². The first kappa shape index (κ1) is 30.5. The lowest BCUT2D eigenvalue weighted by Crippen LogP contribution is -2.47. The molecule has 0 radical (unpaired) electrons. The Morgan fingerprint density at radius 1 is 0.907 bits per heavy atom. The number of carbonyl (C=O) groups is 2. The summed E-state index contributed by atoms with van der Waals surface area (Å²) >= 11 is 0. The molecule has 7 nitrogen and oxygen atoms in total. The Kier molecular flexibility index (Phi) is 9.35. The lowest BCUT2D eigenvalue weighted by Gasteiger charge is -2.40. The van der Waals surface area contributed by atoms with Crippen molar-refractivity contribution in [2.45, 2.75) is 64.4 Å². The molecule has 0 unspecified atom stereocenters. The van der Waals surface area contributed by atoms with Gasteiger partial charge in [-0.1, -0.05) is 26.7 Å². The highest BCUT2D eigenvalue weighted by Gasteiger charge is 2.35. The van der Waals surface area contributed by atoms with Crippen LogP contribution in [0.15, 0.2) is 60.7 Å². The fourth-order valence-electron chi connectivity index (χ4n) is 6.05. The van der Waals surface area contributed by atoms with Crippen LogP contribution in [-0.2, 0) is 17.6 Å². The second-order valence-corrected chi connectivity index (χ2v) is 11.9. The number of ether oxygens (including phenoxy) is 2. The zero-order chi connectivity index (χ0) is 30.6. The predicted octanol–water partition coefficient (Wildman–Crippen LogP) is 6.76.